The van der Waals surface area contributed by atoms with Crippen LogP contribution >= 0.6 is 0 Å². The Labute approximate surface area is 111 Å². The number of aryl methyl sites for hydroxylation is 2. The van der Waals surface area contributed by atoms with Gasteiger partial charge in [-0.05, 0) is 25.8 Å². The third-order valence-corrected chi connectivity index (χ3v) is 3.27. The topological polar surface area (TPSA) is 59.3 Å². The lowest BCUT2D eigenvalue weighted by atomic mass is 10.1. The Bertz CT molecular complexity index is 640. The summed E-state index contributed by atoms with van der Waals surface area (Å²) in [5.41, 5.74) is 2.83. The maximum Gasteiger partial charge on any atom is 0.303 e. The summed E-state index contributed by atoms with van der Waals surface area (Å²) in [7, 11) is 0. The number of hydrogen-bond donors (Lipinski definition) is 1. The molecule has 0 atom stereocenters. The fraction of sp³-hybridized carbons (Fsp3) is 0.333. The molecule has 1 aromatic heterocycles. The van der Waals surface area contributed by atoms with E-state index in [1.54, 1.807) is 6.92 Å². The number of rotatable bonds is 5. The van der Waals surface area contributed by atoms with E-state index in [1.165, 1.54) is 0 Å². The Morgan fingerprint density at radius 3 is 2.68 bits per heavy atom. The highest BCUT2D eigenvalue weighted by molar-refractivity contribution is 6.07. The smallest absolute Gasteiger partial charge is 0.303 e. The number of ketones is 1. The van der Waals surface area contributed by atoms with E-state index in [0.29, 0.717) is 18.5 Å². The molecule has 4 heteroatoms. The number of aromatic nitrogens is 1. The molecule has 0 radical (unpaired) electrons. The molecule has 0 aliphatic carbocycles. The maximum atomic E-state index is 11.7. The zero-order chi connectivity index (χ0) is 14.0. The summed E-state index contributed by atoms with van der Waals surface area (Å²) >= 11 is 0. The Morgan fingerprint density at radius 1 is 1.32 bits per heavy atom. The summed E-state index contributed by atoms with van der Waals surface area (Å²) in [5.74, 6) is -0.757. The van der Waals surface area contributed by atoms with Crippen molar-refractivity contribution in [3.05, 3.63) is 35.5 Å². The van der Waals surface area contributed by atoms with E-state index in [9.17, 15) is 9.59 Å². The van der Waals surface area contributed by atoms with Gasteiger partial charge < -0.3 is 9.67 Å². The predicted molar refractivity (Wildman–Crippen MR) is 73.5 cm³/mol. The van der Waals surface area contributed by atoms with Crippen LogP contribution < -0.4 is 0 Å². The molecule has 1 N–H and O–H groups in total. The Hall–Kier alpha value is -2.10. The summed E-state index contributed by atoms with van der Waals surface area (Å²) in [6.45, 7) is 4.17. The van der Waals surface area contributed by atoms with Crippen LogP contribution in [0.5, 0.6) is 0 Å². The third kappa shape index (κ3) is 2.67. The quantitative estimate of drug-likeness (QED) is 0.840. The number of para-hydroxylation sites is 1. The van der Waals surface area contributed by atoms with Crippen LogP contribution in [0.1, 0.15) is 35.7 Å². The molecule has 1 heterocycles. The monoisotopic (exact) mass is 259 g/mol. The second-order valence-electron chi connectivity index (χ2n) is 4.76. The third-order valence-electron chi connectivity index (χ3n) is 3.27. The standard InChI is InChI=1S/C15H17NO3/c1-10-5-3-6-12-13(11(2)17)9-16(15(10)12)8-4-7-14(18)19/h3,5-6,9H,4,7-8H2,1-2H3,(H,18,19). The van der Waals surface area contributed by atoms with Crippen molar-refractivity contribution in [3.8, 4) is 0 Å². The van der Waals surface area contributed by atoms with E-state index in [4.69, 9.17) is 5.11 Å². The van der Waals surface area contributed by atoms with Gasteiger partial charge in [-0.25, -0.2) is 0 Å². The number of carbonyl (C=O) groups excluding carboxylic acids is 1. The normalized spacial score (nSPS) is 10.8. The zero-order valence-electron chi connectivity index (χ0n) is 11.1. The van der Waals surface area contributed by atoms with Gasteiger partial charge >= 0.3 is 5.97 Å². The van der Waals surface area contributed by atoms with E-state index in [2.05, 4.69) is 0 Å². The summed E-state index contributed by atoms with van der Waals surface area (Å²) in [6, 6.07) is 5.87. The molecule has 19 heavy (non-hydrogen) atoms. The van der Waals surface area contributed by atoms with E-state index in [1.807, 2.05) is 35.9 Å². The molecular weight excluding hydrogens is 242 g/mol. The van der Waals surface area contributed by atoms with Gasteiger partial charge in [-0.3, -0.25) is 9.59 Å². The molecule has 0 aliphatic heterocycles. The van der Waals surface area contributed by atoms with Gasteiger partial charge in [-0.15, -0.1) is 0 Å². The molecule has 2 aromatic rings. The summed E-state index contributed by atoms with van der Waals surface area (Å²) in [5, 5.41) is 9.64. The minimum Gasteiger partial charge on any atom is -0.481 e. The number of carboxylic acid groups (broad SMARTS) is 1. The first kappa shape index (κ1) is 13.3. The highest BCUT2D eigenvalue weighted by Crippen LogP contribution is 2.25. The molecule has 1 aromatic carbocycles. The van der Waals surface area contributed by atoms with Gasteiger partial charge in [0.05, 0.1) is 5.52 Å². The van der Waals surface area contributed by atoms with Crippen molar-refractivity contribution < 1.29 is 14.7 Å². The van der Waals surface area contributed by atoms with Gasteiger partial charge in [0.25, 0.3) is 0 Å². The lowest BCUT2D eigenvalue weighted by molar-refractivity contribution is -0.137. The van der Waals surface area contributed by atoms with Crippen molar-refractivity contribution in [2.24, 2.45) is 0 Å². The van der Waals surface area contributed by atoms with Crippen LogP contribution in [-0.4, -0.2) is 21.4 Å². The number of Topliss-reactive ketones (excluding diaryl/α,β-unsaturated/α-hetero) is 1. The van der Waals surface area contributed by atoms with Gasteiger partial charge in [0, 0.05) is 30.1 Å². The van der Waals surface area contributed by atoms with Crippen LogP contribution in [0, 0.1) is 6.92 Å². The largest absolute Gasteiger partial charge is 0.481 e. The summed E-state index contributed by atoms with van der Waals surface area (Å²) < 4.78 is 1.99. The highest BCUT2D eigenvalue weighted by atomic mass is 16.4. The number of benzene rings is 1. The summed E-state index contributed by atoms with van der Waals surface area (Å²) in [4.78, 5) is 22.2. The van der Waals surface area contributed by atoms with E-state index >= 15 is 0 Å². The number of nitrogens with zero attached hydrogens (tertiary/aromatic N) is 1. The molecule has 100 valence electrons. The average Bonchev–Trinajstić information content (AvgIpc) is 2.69. The lowest BCUT2D eigenvalue weighted by Crippen LogP contribution is -2.01. The lowest BCUT2D eigenvalue weighted by Gasteiger charge is -2.06. The molecule has 0 spiro atoms. The fourth-order valence-corrected chi connectivity index (χ4v) is 2.40. The number of aliphatic carboxylic acids is 1. The van der Waals surface area contributed by atoms with Crippen molar-refractivity contribution in [1.29, 1.82) is 0 Å². The minimum absolute atomic E-state index is 0.0348. The molecule has 0 fully saturated rings. The van der Waals surface area contributed by atoms with Crippen molar-refractivity contribution in [2.45, 2.75) is 33.2 Å². The number of carboxylic acids is 1. The van der Waals surface area contributed by atoms with Gasteiger partial charge in [-0.2, -0.15) is 0 Å². The van der Waals surface area contributed by atoms with Crippen LogP contribution in [0.3, 0.4) is 0 Å². The predicted octanol–water partition coefficient (Wildman–Crippen LogP) is 3.02. The van der Waals surface area contributed by atoms with E-state index in [0.717, 1.165) is 16.5 Å². The van der Waals surface area contributed by atoms with Crippen LogP contribution in [0.25, 0.3) is 10.9 Å². The van der Waals surface area contributed by atoms with Gasteiger partial charge in [0.2, 0.25) is 0 Å². The first-order valence-corrected chi connectivity index (χ1v) is 6.32. The Kier molecular flexibility index (Phi) is 3.69. The van der Waals surface area contributed by atoms with Crippen molar-refractivity contribution >= 4 is 22.7 Å². The van der Waals surface area contributed by atoms with Crippen molar-refractivity contribution in [3.63, 3.8) is 0 Å². The first-order valence-electron chi connectivity index (χ1n) is 6.32. The Balaban J connectivity index is 2.43. The van der Waals surface area contributed by atoms with Crippen LogP contribution in [0.4, 0.5) is 0 Å². The van der Waals surface area contributed by atoms with Gasteiger partial charge in [0.15, 0.2) is 5.78 Å². The Morgan fingerprint density at radius 2 is 2.05 bits per heavy atom. The molecule has 0 unspecified atom stereocenters. The summed E-state index contributed by atoms with van der Waals surface area (Å²) in [6.07, 6.45) is 2.54. The zero-order valence-corrected chi connectivity index (χ0v) is 11.1. The molecule has 0 saturated carbocycles. The molecule has 0 aliphatic rings. The van der Waals surface area contributed by atoms with Crippen LogP contribution in [0.2, 0.25) is 0 Å². The average molecular weight is 259 g/mol. The minimum atomic E-state index is -0.792. The molecule has 0 amide bonds. The first-order chi connectivity index (χ1) is 9.00. The van der Waals surface area contributed by atoms with Gasteiger partial charge in [0.1, 0.15) is 0 Å². The SMILES string of the molecule is CC(=O)c1cn(CCCC(=O)O)c2c(C)cccc12. The van der Waals surface area contributed by atoms with Crippen LogP contribution in [-0.2, 0) is 11.3 Å². The molecule has 0 bridgehead atoms. The highest BCUT2D eigenvalue weighted by Gasteiger charge is 2.13. The second-order valence-corrected chi connectivity index (χ2v) is 4.76. The maximum absolute atomic E-state index is 11.7. The van der Waals surface area contributed by atoms with E-state index < -0.39 is 5.97 Å². The molecular formula is C15H17NO3. The second kappa shape index (κ2) is 5.26. The van der Waals surface area contributed by atoms with Crippen molar-refractivity contribution in [1.82, 2.24) is 4.57 Å². The van der Waals surface area contributed by atoms with E-state index in [-0.39, 0.29) is 12.2 Å². The van der Waals surface area contributed by atoms with Gasteiger partial charge in [-0.1, -0.05) is 18.2 Å². The number of carbonyl (C=O) groups is 2. The molecule has 2 rings (SSSR count). The van der Waals surface area contributed by atoms with Crippen molar-refractivity contribution in [2.75, 3.05) is 0 Å². The molecule has 4 nitrogen and oxygen atoms in total. The number of hydrogen-bond acceptors (Lipinski definition) is 2. The van der Waals surface area contributed by atoms with Crippen LogP contribution in [0.15, 0.2) is 24.4 Å². The molecule has 0 saturated heterocycles. The fourth-order valence-electron chi connectivity index (χ4n) is 2.40. The number of fused-ring (bicyclic) bond motifs is 1.